The molecule has 2 saturated heterocycles. The Hall–Kier alpha value is -0.950. The number of ether oxygens (including phenoxy) is 5. The second-order valence-electron chi connectivity index (χ2n) is 6.79. The summed E-state index contributed by atoms with van der Waals surface area (Å²) in [6.45, 7) is 4.90. The SMILES string of the molecule is COC(=O)[C@@H]1[C@H]2COC(C)(C)O[C@H]2C=C[C@H]1OC1CCCCO1. The van der Waals surface area contributed by atoms with Gasteiger partial charge in [0.05, 0.1) is 31.8 Å². The number of hydrogen-bond donors (Lipinski definition) is 0. The zero-order chi connectivity index (χ0) is 16.4. The van der Waals surface area contributed by atoms with Gasteiger partial charge in [-0.1, -0.05) is 12.2 Å². The van der Waals surface area contributed by atoms with Crippen LogP contribution in [0.15, 0.2) is 12.2 Å². The van der Waals surface area contributed by atoms with Gasteiger partial charge in [0.15, 0.2) is 12.1 Å². The molecule has 2 fully saturated rings. The van der Waals surface area contributed by atoms with Crippen molar-refractivity contribution in [3.8, 4) is 0 Å². The lowest BCUT2D eigenvalue weighted by atomic mass is 9.78. The Labute approximate surface area is 137 Å². The van der Waals surface area contributed by atoms with Crippen molar-refractivity contribution >= 4 is 5.97 Å². The Kier molecular flexibility index (Phi) is 5.06. The third kappa shape index (κ3) is 3.76. The molecule has 1 aliphatic carbocycles. The molecule has 130 valence electrons. The lowest BCUT2D eigenvalue weighted by Gasteiger charge is -2.46. The van der Waals surface area contributed by atoms with Gasteiger partial charge in [-0.2, -0.15) is 0 Å². The summed E-state index contributed by atoms with van der Waals surface area (Å²) in [5.41, 5.74) is 0. The van der Waals surface area contributed by atoms with Crippen LogP contribution in [-0.2, 0) is 28.5 Å². The van der Waals surface area contributed by atoms with Gasteiger partial charge in [-0.15, -0.1) is 0 Å². The number of rotatable bonds is 3. The van der Waals surface area contributed by atoms with Crippen molar-refractivity contribution in [2.45, 2.75) is 57.4 Å². The van der Waals surface area contributed by atoms with Crippen LogP contribution in [0, 0.1) is 11.8 Å². The minimum absolute atomic E-state index is 0.117. The van der Waals surface area contributed by atoms with Gasteiger partial charge >= 0.3 is 5.97 Å². The molecule has 2 heterocycles. The van der Waals surface area contributed by atoms with E-state index < -0.39 is 11.7 Å². The number of carbonyl (C=O) groups is 1. The zero-order valence-corrected chi connectivity index (χ0v) is 14.0. The van der Waals surface area contributed by atoms with Gasteiger partial charge in [-0.05, 0) is 33.1 Å². The van der Waals surface area contributed by atoms with Gasteiger partial charge in [-0.3, -0.25) is 4.79 Å². The smallest absolute Gasteiger partial charge is 0.312 e. The highest BCUT2D eigenvalue weighted by atomic mass is 16.7. The number of fused-ring (bicyclic) bond motifs is 1. The standard InChI is InChI=1S/C17H26O6/c1-17(2)21-10-11-12(23-17)7-8-13(15(11)16(18)19-3)22-14-6-4-5-9-20-14/h7-8,11-15H,4-6,9-10H2,1-3H3/t11-,12-,13+,14?,15+/m0/s1. The topological polar surface area (TPSA) is 63.2 Å². The van der Waals surface area contributed by atoms with Crippen LogP contribution in [0.3, 0.4) is 0 Å². The van der Waals surface area contributed by atoms with Crippen LogP contribution < -0.4 is 0 Å². The maximum atomic E-state index is 12.3. The van der Waals surface area contributed by atoms with Gasteiger partial charge in [0.2, 0.25) is 0 Å². The minimum Gasteiger partial charge on any atom is -0.469 e. The van der Waals surface area contributed by atoms with E-state index in [9.17, 15) is 4.79 Å². The highest BCUT2D eigenvalue weighted by Gasteiger charge is 2.48. The second kappa shape index (κ2) is 6.89. The summed E-state index contributed by atoms with van der Waals surface area (Å²) in [6.07, 6.45) is 6.06. The first-order chi connectivity index (χ1) is 11.0. The first-order valence-corrected chi connectivity index (χ1v) is 8.35. The monoisotopic (exact) mass is 326 g/mol. The van der Waals surface area contributed by atoms with Crippen LogP contribution in [0.5, 0.6) is 0 Å². The van der Waals surface area contributed by atoms with Crippen molar-refractivity contribution in [3.05, 3.63) is 12.2 Å². The molecule has 0 saturated carbocycles. The Morgan fingerprint density at radius 2 is 2.09 bits per heavy atom. The van der Waals surface area contributed by atoms with E-state index in [0.29, 0.717) is 13.2 Å². The molecule has 0 amide bonds. The van der Waals surface area contributed by atoms with Crippen molar-refractivity contribution < 1.29 is 28.5 Å². The first-order valence-electron chi connectivity index (χ1n) is 8.35. The van der Waals surface area contributed by atoms with Gasteiger partial charge in [-0.25, -0.2) is 0 Å². The van der Waals surface area contributed by atoms with Crippen LogP contribution in [0.1, 0.15) is 33.1 Å². The summed E-state index contributed by atoms with van der Waals surface area (Å²) in [5.74, 6) is -1.51. The van der Waals surface area contributed by atoms with Gasteiger partial charge in [0, 0.05) is 12.5 Å². The van der Waals surface area contributed by atoms with Crippen LogP contribution in [0.25, 0.3) is 0 Å². The molecule has 0 spiro atoms. The second-order valence-corrected chi connectivity index (χ2v) is 6.79. The van der Waals surface area contributed by atoms with E-state index in [-0.39, 0.29) is 30.4 Å². The summed E-state index contributed by atoms with van der Waals surface area (Å²) >= 11 is 0. The third-order valence-electron chi connectivity index (χ3n) is 4.69. The van der Waals surface area contributed by atoms with E-state index in [2.05, 4.69) is 0 Å². The minimum atomic E-state index is -0.646. The van der Waals surface area contributed by atoms with Crippen molar-refractivity contribution in [2.75, 3.05) is 20.3 Å². The van der Waals surface area contributed by atoms with Crippen LogP contribution in [0.4, 0.5) is 0 Å². The van der Waals surface area contributed by atoms with Gasteiger partial charge in [0.1, 0.15) is 0 Å². The molecule has 5 atom stereocenters. The predicted octanol–water partition coefficient (Wildman–Crippen LogP) is 2.02. The van der Waals surface area contributed by atoms with Crippen molar-refractivity contribution in [2.24, 2.45) is 11.8 Å². The summed E-state index contributed by atoms with van der Waals surface area (Å²) < 4.78 is 28.4. The molecule has 0 bridgehead atoms. The lowest BCUT2D eigenvalue weighted by Crippen LogP contribution is -2.54. The number of esters is 1. The number of hydrogen-bond acceptors (Lipinski definition) is 6. The third-order valence-corrected chi connectivity index (χ3v) is 4.69. The molecule has 0 radical (unpaired) electrons. The van der Waals surface area contributed by atoms with Crippen molar-refractivity contribution in [1.29, 1.82) is 0 Å². The van der Waals surface area contributed by atoms with E-state index >= 15 is 0 Å². The fraction of sp³-hybridized carbons (Fsp3) is 0.824. The average Bonchev–Trinajstić information content (AvgIpc) is 2.54. The summed E-state index contributed by atoms with van der Waals surface area (Å²) in [7, 11) is 1.40. The van der Waals surface area contributed by atoms with Gasteiger partial charge in [0.25, 0.3) is 0 Å². The average molecular weight is 326 g/mol. The maximum Gasteiger partial charge on any atom is 0.312 e. The fourth-order valence-electron chi connectivity index (χ4n) is 3.48. The highest BCUT2D eigenvalue weighted by molar-refractivity contribution is 5.74. The van der Waals surface area contributed by atoms with Crippen LogP contribution in [0.2, 0.25) is 0 Å². The number of carbonyl (C=O) groups excluding carboxylic acids is 1. The van der Waals surface area contributed by atoms with E-state index in [0.717, 1.165) is 19.3 Å². The Morgan fingerprint density at radius 1 is 1.26 bits per heavy atom. The molecule has 23 heavy (non-hydrogen) atoms. The highest BCUT2D eigenvalue weighted by Crippen LogP contribution is 2.38. The Bertz CT molecular complexity index is 454. The van der Waals surface area contributed by atoms with Crippen molar-refractivity contribution in [3.63, 3.8) is 0 Å². The molecule has 6 heteroatoms. The predicted molar refractivity (Wildman–Crippen MR) is 81.5 cm³/mol. The van der Waals surface area contributed by atoms with Gasteiger partial charge < -0.3 is 23.7 Å². The summed E-state index contributed by atoms with van der Waals surface area (Å²) in [4.78, 5) is 12.3. The first kappa shape index (κ1) is 16.9. The van der Waals surface area contributed by atoms with E-state index in [1.807, 2.05) is 26.0 Å². The molecule has 0 aromatic rings. The van der Waals surface area contributed by atoms with E-state index in [1.54, 1.807) is 0 Å². The maximum absolute atomic E-state index is 12.3. The van der Waals surface area contributed by atoms with Crippen molar-refractivity contribution in [1.82, 2.24) is 0 Å². The molecule has 0 aromatic heterocycles. The van der Waals surface area contributed by atoms with E-state index in [1.165, 1.54) is 7.11 Å². The van der Waals surface area contributed by atoms with Crippen LogP contribution in [-0.4, -0.2) is 50.6 Å². The molecule has 3 aliphatic rings. The molecule has 0 aromatic carbocycles. The quantitative estimate of drug-likeness (QED) is 0.584. The molecule has 0 N–H and O–H groups in total. The zero-order valence-electron chi connectivity index (χ0n) is 14.0. The molecular formula is C17H26O6. The van der Waals surface area contributed by atoms with E-state index in [4.69, 9.17) is 23.7 Å². The van der Waals surface area contributed by atoms with Crippen LogP contribution >= 0.6 is 0 Å². The molecule has 2 aliphatic heterocycles. The summed E-state index contributed by atoms with van der Waals surface area (Å²) in [6, 6.07) is 0. The Morgan fingerprint density at radius 3 is 2.78 bits per heavy atom. The largest absolute Gasteiger partial charge is 0.469 e. The molecule has 3 rings (SSSR count). The normalized spacial score (nSPS) is 39.5. The number of methoxy groups -OCH3 is 1. The summed E-state index contributed by atoms with van der Waals surface area (Å²) in [5, 5.41) is 0. The Balaban J connectivity index is 1.76. The molecular weight excluding hydrogens is 300 g/mol. The molecule has 1 unspecified atom stereocenters. The fourth-order valence-corrected chi connectivity index (χ4v) is 3.48. The molecule has 6 nitrogen and oxygen atoms in total. The lowest BCUT2D eigenvalue weighted by molar-refractivity contribution is -0.296.